The number of likely N-dealkylation sites (N-methyl/N-ethyl adjacent to an activating group) is 2. The van der Waals surface area contributed by atoms with Crippen LogP contribution in [-0.2, 0) is 4.74 Å². The Morgan fingerprint density at radius 3 is 2.89 bits per heavy atom. The zero-order valence-corrected chi connectivity index (χ0v) is 12.1. The first kappa shape index (κ1) is 14.3. The van der Waals surface area contributed by atoms with Crippen LogP contribution in [0.3, 0.4) is 0 Å². The predicted octanol–water partition coefficient (Wildman–Crippen LogP) is 1.68. The number of hydrogen-bond acceptors (Lipinski definition) is 4. The van der Waals surface area contributed by atoms with E-state index in [1.54, 1.807) is 7.11 Å². The van der Waals surface area contributed by atoms with Crippen LogP contribution in [0.4, 0.5) is 0 Å². The maximum atomic E-state index is 5.96. The quantitative estimate of drug-likeness (QED) is 0.877. The summed E-state index contributed by atoms with van der Waals surface area (Å²) in [6, 6.07) is 8.49. The molecule has 1 fully saturated rings. The first-order valence-electron chi connectivity index (χ1n) is 6.95. The van der Waals surface area contributed by atoms with Gasteiger partial charge < -0.3 is 14.8 Å². The second-order valence-corrected chi connectivity index (χ2v) is 4.78. The van der Waals surface area contributed by atoms with Crippen molar-refractivity contribution in [3.05, 3.63) is 29.8 Å². The van der Waals surface area contributed by atoms with Crippen LogP contribution in [0, 0.1) is 0 Å². The largest absolute Gasteiger partial charge is 0.496 e. The van der Waals surface area contributed by atoms with E-state index in [4.69, 9.17) is 9.47 Å². The number of hydrogen-bond donors (Lipinski definition) is 1. The molecule has 1 aliphatic rings. The van der Waals surface area contributed by atoms with E-state index in [1.165, 1.54) is 5.56 Å². The van der Waals surface area contributed by atoms with Gasteiger partial charge in [-0.2, -0.15) is 0 Å². The third kappa shape index (κ3) is 3.08. The van der Waals surface area contributed by atoms with Crippen LogP contribution in [0.1, 0.15) is 18.5 Å². The predicted molar refractivity (Wildman–Crippen MR) is 76.6 cm³/mol. The Hall–Kier alpha value is -1.10. The van der Waals surface area contributed by atoms with Gasteiger partial charge in [0.2, 0.25) is 0 Å². The number of rotatable bonds is 5. The molecule has 1 saturated heterocycles. The fourth-order valence-electron chi connectivity index (χ4n) is 2.82. The number of nitrogens with zero attached hydrogens (tertiary/aromatic N) is 1. The van der Waals surface area contributed by atoms with Crippen LogP contribution in [0.25, 0.3) is 0 Å². The van der Waals surface area contributed by atoms with E-state index in [9.17, 15) is 0 Å². The minimum absolute atomic E-state index is 0.162. The van der Waals surface area contributed by atoms with Crippen molar-refractivity contribution < 1.29 is 9.47 Å². The molecule has 1 aliphatic heterocycles. The number of morpholine rings is 1. The average molecular weight is 264 g/mol. The van der Waals surface area contributed by atoms with Crippen LogP contribution in [0.2, 0.25) is 0 Å². The van der Waals surface area contributed by atoms with E-state index in [0.717, 1.165) is 32.0 Å². The van der Waals surface area contributed by atoms with Crippen LogP contribution in [0.15, 0.2) is 24.3 Å². The summed E-state index contributed by atoms with van der Waals surface area (Å²) < 4.78 is 11.5. The first-order valence-corrected chi connectivity index (χ1v) is 6.95. The Balaban J connectivity index is 2.33. The molecule has 106 valence electrons. The normalized spacial score (nSPS) is 24.4. The van der Waals surface area contributed by atoms with Crippen LogP contribution >= 0.6 is 0 Å². The molecule has 19 heavy (non-hydrogen) atoms. The van der Waals surface area contributed by atoms with E-state index >= 15 is 0 Å². The molecule has 1 N–H and O–H groups in total. The molecule has 0 bridgehead atoms. The summed E-state index contributed by atoms with van der Waals surface area (Å²) in [5, 5.41) is 3.23. The van der Waals surface area contributed by atoms with Crippen molar-refractivity contribution in [3.8, 4) is 5.75 Å². The van der Waals surface area contributed by atoms with Crippen LogP contribution < -0.4 is 10.1 Å². The van der Waals surface area contributed by atoms with Gasteiger partial charge in [0.25, 0.3) is 0 Å². The van der Waals surface area contributed by atoms with Crippen LogP contribution in [-0.4, -0.2) is 51.4 Å². The highest BCUT2D eigenvalue weighted by atomic mass is 16.5. The summed E-state index contributed by atoms with van der Waals surface area (Å²) in [5.74, 6) is 0.942. The zero-order valence-electron chi connectivity index (χ0n) is 12.1. The lowest BCUT2D eigenvalue weighted by atomic mass is 9.97. The van der Waals surface area contributed by atoms with Crippen molar-refractivity contribution in [1.82, 2.24) is 10.2 Å². The molecule has 0 saturated carbocycles. The first-order chi connectivity index (χ1) is 9.31. The van der Waals surface area contributed by atoms with E-state index < -0.39 is 0 Å². The fraction of sp³-hybridized carbons (Fsp3) is 0.600. The van der Waals surface area contributed by atoms with Gasteiger partial charge in [0.1, 0.15) is 5.75 Å². The molecular weight excluding hydrogens is 240 g/mol. The number of methoxy groups -OCH3 is 1. The van der Waals surface area contributed by atoms with Crippen LogP contribution in [0.5, 0.6) is 5.75 Å². The summed E-state index contributed by atoms with van der Waals surface area (Å²) in [4.78, 5) is 2.46. The van der Waals surface area contributed by atoms with Crippen molar-refractivity contribution in [2.45, 2.75) is 19.1 Å². The Kier molecular flexibility index (Phi) is 5.19. The molecule has 4 nitrogen and oxygen atoms in total. The Morgan fingerprint density at radius 1 is 1.42 bits per heavy atom. The molecule has 4 heteroatoms. The molecule has 2 unspecified atom stereocenters. The molecule has 2 atom stereocenters. The lowest BCUT2D eigenvalue weighted by molar-refractivity contribution is -0.0692. The smallest absolute Gasteiger partial charge is 0.123 e. The molecule has 0 aromatic heterocycles. The zero-order chi connectivity index (χ0) is 13.7. The summed E-state index contributed by atoms with van der Waals surface area (Å²) in [6.45, 7) is 5.83. The lowest BCUT2D eigenvalue weighted by Gasteiger charge is -2.41. The number of nitrogens with one attached hydrogen (secondary N) is 1. The summed E-state index contributed by atoms with van der Waals surface area (Å²) in [6.07, 6.45) is 0.162. The van der Waals surface area contributed by atoms with Crippen molar-refractivity contribution >= 4 is 0 Å². The maximum absolute atomic E-state index is 5.96. The molecule has 0 aliphatic carbocycles. The number of para-hydroxylation sites is 1. The van der Waals surface area contributed by atoms with Gasteiger partial charge >= 0.3 is 0 Å². The van der Waals surface area contributed by atoms with Gasteiger partial charge in [0.05, 0.1) is 25.9 Å². The summed E-state index contributed by atoms with van der Waals surface area (Å²) >= 11 is 0. The van der Waals surface area contributed by atoms with Gasteiger partial charge in [-0.05, 0) is 19.7 Å². The van der Waals surface area contributed by atoms with Gasteiger partial charge in [-0.25, -0.2) is 0 Å². The monoisotopic (exact) mass is 264 g/mol. The molecule has 1 aromatic carbocycles. The van der Waals surface area contributed by atoms with Gasteiger partial charge in [-0.15, -0.1) is 0 Å². The van der Waals surface area contributed by atoms with Gasteiger partial charge in [-0.3, -0.25) is 4.90 Å². The van der Waals surface area contributed by atoms with E-state index in [0.29, 0.717) is 0 Å². The minimum atomic E-state index is 0.162. The van der Waals surface area contributed by atoms with Gasteiger partial charge in [0, 0.05) is 18.7 Å². The highest BCUT2D eigenvalue weighted by molar-refractivity contribution is 5.37. The molecule has 0 amide bonds. The number of benzene rings is 1. The standard InChI is InChI=1S/C15H24N2O2/c1-4-17-9-10-19-14(11-16-2)15(17)12-7-5-6-8-13(12)18-3/h5-8,14-16H,4,9-11H2,1-3H3. The second kappa shape index (κ2) is 6.89. The van der Waals surface area contributed by atoms with Gasteiger partial charge in [-0.1, -0.05) is 25.1 Å². The van der Waals surface area contributed by atoms with Crippen molar-refractivity contribution in [3.63, 3.8) is 0 Å². The highest BCUT2D eigenvalue weighted by Gasteiger charge is 2.33. The third-order valence-electron chi connectivity index (χ3n) is 3.73. The number of ether oxygens (including phenoxy) is 2. The van der Waals surface area contributed by atoms with Crippen molar-refractivity contribution in [2.24, 2.45) is 0 Å². The lowest BCUT2D eigenvalue weighted by Crippen LogP contribution is -2.48. The maximum Gasteiger partial charge on any atom is 0.123 e. The summed E-state index contributed by atoms with van der Waals surface area (Å²) in [5.41, 5.74) is 1.21. The minimum Gasteiger partial charge on any atom is -0.496 e. The molecule has 2 rings (SSSR count). The summed E-state index contributed by atoms with van der Waals surface area (Å²) in [7, 11) is 3.69. The molecular formula is C15H24N2O2. The molecule has 0 radical (unpaired) electrons. The highest BCUT2D eigenvalue weighted by Crippen LogP contribution is 2.34. The van der Waals surface area contributed by atoms with E-state index in [1.807, 2.05) is 19.2 Å². The van der Waals surface area contributed by atoms with Gasteiger partial charge in [0.15, 0.2) is 0 Å². The molecule has 1 aromatic rings. The fourth-order valence-corrected chi connectivity index (χ4v) is 2.82. The topological polar surface area (TPSA) is 33.7 Å². The SMILES string of the molecule is CCN1CCOC(CNC)C1c1ccccc1OC. The Bertz CT molecular complexity index is 395. The van der Waals surface area contributed by atoms with E-state index in [2.05, 4.69) is 29.3 Å². The van der Waals surface area contributed by atoms with Crippen molar-refractivity contribution in [2.75, 3.05) is 40.4 Å². The van der Waals surface area contributed by atoms with E-state index in [-0.39, 0.29) is 12.1 Å². The second-order valence-electron chi connectivity index (χ2n) is 4.78. The molecule has 1 heterocycles. The molecule has 0 spiro atoms. The third-order valence-corrected chi connectivity index (χ3v) is 3.73. The van der Waals surface area contributed by atoms with Crippen molar-refractivity contribution in [1.29, 1.82) is 0 Å². The Morgan fingerprint density at radius 2 is 2.21 bits per heavy atom. The Labute approximate surface area is 115 Å². The average Bonchev–Trinajstić information content (AvgIpc) is 2.47.